The van der Waals surface area contributed by atoms with Crippen LogP contribution in [0.3, 0.4) is 0 Å². The molecular formula is C26H31N. The first-order chi connectivity index (χ1) is 12.8. The Kier molecular flexibility index (Phi) is 5.51. The number of hydrogen-bond acceptors (Lipinski definition) is 1. The van der Waals surface area contributed by atoms with Gasteiger partial charge in [0.2, 0.25) is 0 Å². The molecule has 0 aliphatic carbocycles. The molecule has 27 heavy (non-hydrogen) atoms. The van der Waals surface area contributed by atoms with E-state index in [1.54, 1.807) is 0 Å². The molecule has 0 spiro atoms. The van der Waals surface area contributed by atoms with Crippen LogP contribution in [0.5, 0.6) is 0 Å². The minimum atomic E-state index is 0.903. The number of nitrogens with zero attached hydrogens (tertiary/aromatic N) is 1. The van der Waals surface area contributed by atoms with Crippen molar-refractivity contribution in [2.45, 2.75) is 61.3 Å². The van der Waals surface area contributed by atoms with Crippen molar-refractivity contribution in [3.63, 3.8) is 0 Å². The van der Waals surface area contributed by atoms with Crippen LogP contribution in [0.15, 0.2) is 36.4 Å². The first-order valence-electron chi connectivity index (χ1n) is 9.85. The van der Waals surface area contributed by atoms with E-state index >= 15 is 0 Å². The van der Waals surface area contributed by atoms with Crippen molar-refractivity contribution in [3.8, 4) is 0 Å². The van der Waals surface area contributed by atoms with Gasteiger partial charge in [-0.05, 0) is 105 Å². The molecule has 3 aromatic rings. The van der Waals surface area contributed by atoms with Crippen molar-refractivity contribution in [1.82, 2.24) is 4.98 Å². The Bertz CT molecular complexity index is 996. The Balaban J connectivity index is 2.05. The lowest BCUT2D eigenvalue weighted by atomic mass is 9.89. The normalized spacial score (nSPS) is 11.1. The second-order valence-corrected chi connectivity index (χ2v) is 7.94. The summed E-state index contributed by atoms with van der Waals surface area (Å²) in [6, 6.07) is 13.2. The number of hydrogen-bond donors (Lipinski definition) is 0. The van der Waals surface area contributed by atoms with Gasteiger partial charge in [0.25, 0.3) is 0 Å². The van der Waals surface area contributed by atoms with Gasteiger partial charge in [-0.15, -0.1) is 0 Å². The van der Waals surface area contributed by atoms with E-state index in [1.807, 2.05) is 0 Å². The molecule has 0 atom stereocenters. The number of pyridine rings is 1. The molecule has 0 bridgehead atoms. The van der Waals surface area contributed by atoms with Gasteiger partial charge in [-0.3, -0.25) is 4.98 Å². The molecule has 0 amide bonds. The summed E-state index contributed by atoms with van der Waals surface area (Å²) in [6.07, 6.45) is 1.88. The summed E-state index contributed by atoms with van der Waals surface area (Å²) >= 11 is 0. The molecule has 0 saturated carbocycles. The highest BCUT2D eigenvalue weighted by Crippen LogP contribution is 2.27. The van der Waals surface area contributed by atoms with Crippen LogP contribution in [-0.4, -0.2) is 4.98 Å². The summed E-state index contributed by atoms with van der Waals surface area (Å²) in [5, 5.41) is 0. The lowest BCUT2D eigenvalue weighted by Crippen LogP contribution is -2.08. The maximum absolute atomic E-state index is 4.98. The lowest BCUT2D eigenvalue weighted by Gasteiger charge is -2.18. The fourth-order valence-corrected chi connectivity index (χ4v) is 3.86. The van der Waals surface area contributed by atoms with Crippen molar-refractivity contribution in [2.24, 2.45) is 0 Å². The predicted octanol–water partition coefficient (Wildman–Crippen LogP) is 6.42. The fourth-order valence-electron chi connectivity index (χ4n) is 3.86. The summed E-state index contributed by atoms with van der Waals surface area (Å²) in [5.41, 5.74) is 14.8. The predicted molar refractivity (Wildman–Crippen MR) is 116 cm³/mol. The smallest absolute Gasteiger partial charge is 0.0482 e. The molecule has 3 rings (SSSR count). The minimum Gasteiger partial charge on any atom is -0.257 e. The van der Waals surface area contributed by atoms with Crippen LogP contribution in [-0.2, 0) is 12.8 Å². The first-order valence-corrected chi connectivity index (χ1v) is 9.85. The average molecular weight is 358 g/mol. The highest BCUT2D eigenvalue weighted by atomic mass is 14.7. The van der Waals surface area contributed by atoms with Crippen molar-refractivity contribution in [1.29, 1.82) is 0 Å². The number of benzene rings is 2. The van der Waals surface area contributed by atoms with E-state index in [0.717, 1.165) is 18.5 Å². The molecule has 2 aromatic carbocycles. The SMILES string of the molecule is Cc1cccc(Cc2nc(C)c(C)c(Cc3cccc(C)c3C)c2C)c1C. The largest absolute Gasteiger partial charge is 0.257 e. The van der Waals surface area contributed by atoms with Crippen LogP contribution >= 0.6 is 0 Å². The molecule has 1 aromatic heterocycles. The van der Waals surface area contributed by atoms with Gasteiger partial charge in [-0.1, -0.05) is 36.4 Å². The Morgan fingerprint density at radius 3 is 1.67 bits per heavy atom. The van der Waals surface area contributed by atoms with Gasteiger partial charge in [0.15, 0.2) is 0 Å². The molecule has 0 N–H and O–H groups in total. The third kappa shape index (κ3) is 3.83. The summed E-state index contributed by atoms with van der Waals surface area (Å²) in [4.78, 5) is 4.98. The third-order valence-electron chi connectivity index (χ3n) is 6.34. The van der Waals surface area contributed by atoms with E-state index in [4.69, 9.17) is 4.98 Å². The second-order valence-electron chi connectivity index (χ2n) is 7.94. The zero-order chi connectivity index (χ0) is 19.7. The van der Waals surface area contributed by atoms with Gasteiger partial charge < -0.3 is 0 Å². The Morgan fingerprint density at radius 1 is 0.593 bits per heavy atom. The van der Waals surface area contributed by atoms with Gasteiger partial charge in [0.05, 0.1) is 0 Å². The number of aryl methyl sites for hydroxylation is 3. The van der Waals surface area contributed by atoms with Gasteiger partial charge in [0, 0.05) is 17.8 Å². The molecule has 0 saturated heterocycles. The third-order valence-corrected chi connectivity index (χ3v) is 6.34. The molecule has 0 aliphatic rings. The molecular weight excluding hydrogens is 326 g/mol. The summed E-state index contributed by atoms with van der Waals surface area (Å²) < 4.78 is 0. The molecule has 140 valence electrons. The molecule has 1 heteroatoms. The lowest BCUT2D eigenvalue weighted by molar-refractivity contribution is 0.946. The molecule has 0 aliphatic heterocycles. The molecule has 1 heterocycles. The van der Waals surface area contributed by atoms with E-state index in [9.17, 15) is 0 Å². The molecule has 0 fully saturated rings. The minimum absolute atomic E-state index is 0.903. The van der Waals surface area contributed by atoms with E-state index in [-0.39, 0.29) is 0 Å². The van der Waals surface area contributed by atoms with Crippen LogP contribution in [0.4, 0.5) is 0 Å². The van der Waals surface area contributed by atoms with E-state index in [2.05, 4.69) is 84.9 Å². The Hall–Kier alpha value is -2.41. The van der Waals surface area contributed by atoms with Gasteiger partial charge >= 0.3 is 0 Å². The van der Waals surface area contributed by atoms with Gasteiger partial charge in [-0.2, -0.15) is 0 Å². The maximum atomic E-state index is 4.98. The monoisotopic (exact) mass is 357 g/mol. The second kappa shape index (κ2) is 7.68. The van der Waals surface area contributed by atoms with Crippen LogP contribution in [0.25, 0.3) is 0 Å². The molecule has 1 nitrogen and oxygen atoms in total. The highest BCUT2D eigenvalue weighted by molar-refractivity contribution is 5.46. The summed E-state index contributed by atoms with van der Waals surface area (Å²) in [5.74, 6) is 0. The topological polar surface area (TPSA) is 12.9 Å². The first kappa shape index (κ1) is 19.4. The van der Waals surface area contributed by atoms with Crippen LogP contribution in [0, 0.1) is 48.5 Å². The van der Waals surface area contributed by atoms with Crippen molar-refractivity contribution in [2.75, 3.05) is 0 Å². The zero-order valence-electron chi connectivity index (χ0n) is 17.8. The van der Waals surface area contributed by atoms with Crippen molar-refractivity contribution < 1.29 is 0 Å². The van der Waals surface area contributed by atoms with Gasteiger partial charge in [0.1, 0.15) is 0 Å². The molecule has 0 unspecified atom stereocenters. The van der Waals surface area contributed by atoms with Crippen molar-refractivity contribution >= 4 is 0 Å². The fraction of sp³-hybridized carbons (Fsp3) is 0.346. The van der Waals surface area contributed by atoms with Crippen LogP contribution in [0.2, 0.25) is 0 Å². The van der Waals surface area contributed by atoms with Gasteiger partial charge in [-0.25, -0.2) is 0 Å². The molecule has 0 radical (unpaired) electrons. The van der Waals surface area contributed by atoms with Crippen molar-refractivity contribution in [3.05, 3.63) is 97.9 Å². The highest BCUT2D eigenvalue weighted by Gasteiger charge is 2.15. The summed E-state index contributed by atoms with van der Waals surface area (Å²) in [7, 11) is 0. The zero-order valence-corrected chi connectivity index (χ0v) is 17.8. The quantitative estimate of drug-likeness (QED) is 0.525. The number of rotatable bonds is 4. The number of aromatic nitrogens is 1. The van der Waals surface area contributed by atoms with Crippen LogP contribution in [0.1, 0.15) is 61.5 Å². The van der Waals surface area contributed by atoms with E-state index in [0.29, 0.717) is 0 Å². The Morgan fingerprint density at radius 2 is 1.11 bits per heavy atom. The Labute approximate surface area is 164 Å². The summed E-state index contributed by atoms with van der Waals surface area (Å²) in [6.45, 7) is 15.5. The van der Waals surface area contributed by atoms with E-state index in [1.165, 1.54) is 55.8 Å². The van der Waals surface area contributed by atoms with E-state index < -0.39 is 0 Å². The van der Waals surface area contributed by atoms with Crippen LogP contribution < -0.4 is 0 Å². The average Bonchev–Trinajstić information content (AvgIpc) is 2.63. The maximum Gasteiger partial charge on any atom is 0.0482 e. The standard InChI is InChI=1S/C26H31N/c1-16-10-8-12-23(18(16)3)14-25-20(5)22(7)27-26(21(25)6)15-24-13-9-11-17(2)19(24)4/h8-13H,14-15H2,1-7H3.